The number of aliphatic hydroxyl groups is 1. The number of nitrogens with two attached hydrogens (primary N) is 1. The Morgan fingerprint density at radius 2 is 2.12 bits per heavy atom. The zero-order valence-corrected chi connectivity index (χ0v) is 10.3. The highest BCUT2D eigenvalue weighted by Gasteiger charge is 2.15. The molecular weight excluding hydrogens is 216 g/mol. The molecule has 0 radical (unpaired) electrons. The summed E-state index contributed by atoms with van der Waals surface area (Å²) in [6.45, 7) is 2.78. The normalized spacial score (nSPS) is 15.3. The summed E-state index contributed by atoms with van der Waals surface area (Å²) in [6.07, 6.45) is 2.46. The van der Waals surface area contributed by atoms with Crippen LogP contribution in [0.25, 0.3) is 0 Å². The van der Waals surface area contributed by atoms with Gasteiger partial charge in [-0.2, -0.15) is 0 Å². The van der Waals surface area contributed by atoms with Gasteiger partial charge in [0.1, 0.15) is 5.82 Å². The number of anilines is 3. The number of aromatic nitrogens is 1. The maximum absolute atomic E-state index is 8.95. The summed E-state index contributed by atoms with van der Waals surface area (Å²) in [4.78, 5) is 8.75. The van der Waals surface area contributed by atoms with Crippen molar-refractivity contribution < 1.29 is 5.11 Å². The fraction of sp³-hybridized carbons (Fsp3) is 0.583. The summed E-state index contributed by atoms with van der Waals surface area (Å²) in [5, 5.41) is 8.95. The minimum Gasteiger partial charge on any atom is -0.396 e. The van der Waals surface area contributed by atoms with Crippen molar-refractivity contribution in [1.29, 1.82) is 0 Å². The van der Waals surface area contributed by atoms with Crippen molar-refractivity contribution in [3.63, 3.8) is 0 Å². The van der Waals surface area contributed by atoms with E-state index in [4.69, 9.17) is 10.8 Å². The van der Waals surface area contributed by atoms with E-state index in [9.17, 15) is 0 Å². The second kappa shape index (κ2) is 5.23. The van der Waals surface area contributed by atoms with Crippen molar-refractivity contribution in [2.45, 2.75) is 12.8 Å². The highest BCUT2D eigenvalue weighted by molar-refractivity contribution is 5.66. The lowest BCUT2D eigenvalue weighted by atomic mass is 10.3. The second-order valence-electron chi connectivity index (χ2n) is 4.42. The summed E-state index contributed by atoms with van der Waals surface area (Å²) in [5.41, 5.74) is 6.57. The van der Waals surface area contributed by atoms with Gasteiger partial charge in [-0.15, -0.1) is 0 Å². The lowest BCUT2D eigenvalue weighted by molar-refractivity contribution is 0.304. The zero-order valence-electron chi connectivity index (χ0n) is 10.3. The second-order valence-corrected chi connectivity index (χ2v) is 4.42. The number of likely N-dealkylation sites (N-methyl/N-ethyl adjacent to an activating group) is 1. The van der Waals surface area contributed by atoms with Crippen LogP contribution in [0, 0.1) is 0 Å². The Balaban J connectivity index is 2.22. The molecule has 1 fully saturated rings. The summed E-state index contributed by atoms with van der Waals surface area (Å²) < 4.78 is 0. The van der Waals surface area contributed by atoms with Gasteiger partial charge in [0, 0.05) is 26.7 Å². The van der Waals surface area contributed by atoms with Crippen LogP contribution in [-0.2, 0) is 0 Å². The minimum atomic E-state index is 0.103. The summed E-state index contributed by atoms with van der Waals surface area (Å²) in [5.74, 6) is 1.74. The highest BCUT2D eigenvalue weighted by atomic mass is 16.3. The van der Waals surface area contributed by atoms with E-state index in [0.717, 1.165) is 24.7 Å². The third kappa shape index (κ3) is 2.61. The third-order valence-electron chi connectivity index (χ3n) is 3.12. The van der Waals surface area contributed by atoms with Crippen LogP contribution in [0.2, 0.25) is 0 Å². The van der Waals surface area contributed by atoms with Gasteiger partial charge >= 0.3 is 0 Å². The van der Waals surface area contributed by atoms with Crippen LogP contribution in [0.15, 0.2) is 12.1 Å². The monoisotopic (exact) mass is 236 g/mol. The first kappa shape index (κ1) is 12.0. The average molecular weight is 236 g/mol. The predicted molar refractivity (Wildman–Crippen MR) is 70.5 cm³/mol. The first-order valence-electron chi connectivity index (χ1n) is 6.06. The van der Waals surface area contributed by atoms with Crippen molar-refractivity contribution in [1.82, 2.24) is 4.98 Å². The molecule has 0 aliphatic carbocycles. The molecule has 3 N–H and O–H groups in total. The molecule has 5 heteroatoms. The van der Waals surface area contributed by atoms with E-state index in [1.54, 1.807) is 0 Å². The maximum atomic E-state index is 8.95. The molecular formula is C12H20N4O. The van der Waals surface area contributed by atoms with Crippen LogP contribution in [0.5, 0.6) is 0 Å². The molecule has 0 amide bonds. The van der Waals surface area contributed by atoms with Crippen molar-refractivity contribution in [2.24, 2.45) is 0 Å². The van der Waals surface area contributed by atoms with E-state index in [0.29, 0.717) is 12.2 Å². The maximum Gasteiger partial charge on any atom is 0.154 e. The van der Waals surface area contributed by atoms with E-state index in [2.05, 4.69) is 9.88 Å². The molecule has 1 aromatic heterocycles. The van der Waals surface area contributed by atoms with Crippen molar-refractivity contribution in [2.75, 3.05) is 48.8 Å². The number of nitrogens with zero attached hydrogens (tertiary/aromatic N) is 3. The van der Waals surface area contributed by atoms with Crippen LogP contribution in [0.1, 0.15) is 12.8 Å². The molecule has 0 atom stereocenters. The van der Waals surface area contributed by atoms with E-state index < -0.39 is 0 Å². The molecule has 5 nitrogen and oxygen atoms in total. The van der Waals surface area contributed by atoms with Gasteiger partial charge in [0.05, 0.1) is 12.3 Å². The molecule has 94 valence electrons. The van der Waals surface area contributed by atoms with E-state index in [1.165, 1.54) is 12.8 Å². The van der Waals surface area contributed by atoms with Gasteiger partial charge in [-0.1, -0.05) is 0 Å². The van der Waals surface area contributed by atoms with Crippen LogP contribution >= 0.6 is 0 Å². The third-order valence-corrected chi connectivity index (χ3v) is 3.12. The largest absolute Gasteiger partial charge is 0.396 e. The Morgan fingerprint density at radius 3 is 2.76 bits per heavy atom. The molecule has 1 aliphatic rings. The topological polar surface area (TPSA) is 65.6 Å². The average Bonchev–Trinajstić information content (AvgIpc) is 2.83. The van der Waals surface area contributed by atoms with E-state index >= 15 is 0 Å². The smallest absolute Gasteiger partial charge is 0.154 e. The standard InChI is InChI=1S/C12H20N4O/c1-15(8-9-17)12-10(13)4-5-11(14-12)16-6-2-3-7-16/h4-5,17H,2-3,6-9,13H2,1H3. The molecule has 0 aromatic carbocycles. The van der Waals surface area contributed by atoms with Crippen LogP contribution in [0.4, 0.5) is 17.3 Å². The van der Waals surface area contributed by atoms with Crippen molar-refractivity contribution in [3.05, 3.63) is 12.1 Å². The zero-order chi connectivity index (χ0) is 12.3. The van der Waals surface area contributed by atoms with Gasteiger partial charge in [0.2, 0.25) is 0 Å². The molecule has 17 heavy (non-hydrogen) atoms. The van der Waals surface area contributed by atoms with Gasteiger partial charge < -0.3 is 20.6 Å². The minimum absolute atomic E-state index is 0.103. The fourth-order valence-electron chi connectivity index (χ4n) is 2.13. The van der Waals surface area contributed by atoms with E-state index in [-0.39, 0.29) is 6.61 Å². The number of rotatable bonds is 4. The van der Waals surface area contributed by atoms with Gasteiger partial charge in [-0.05, 0) is 25.0 Å². The summed E-state index contributed by atoms with van der Waals surface area (Å²) in [7, 11) is 1.89. The van der Waals surface area contributed by atoms with Crippen LogP contribution in [0.3, 0.4) is 0 Å². The van der Waals surface area contributed by atoms with Crippen LogP contribution in [-0.4, -0.2) is 43.4 Å². The van der Waals surface area contributed by atoms with Crippen molar-refractivity contribution >= 4 is 17.3 Å². The number of hydrogen-bond acceptors (Lipinski definition) is 5. The highest BCUT2D eigenvalue weighted by Crippen LogP contribution is 2.25. The molecule has 0 spiro atoms. The van der Waals surface area contributed by atoms with Crippen molar-refractivity contribution in [3.8, 4) is 0 Å². The summed E-state index contributed by atoms with van der Waals surface area (Å²) >= 11 is 0. The predicted octanol–water partition coefficient (Wildman–Crippen LogP) is 0.692. The molecule has 1 aromatic rings. The molecule has 1 aliphatic heterocycles. The number of aliphatic hydroxyl groups excluding tert-OH is 1. The Morgan fingerprint density at radius 1 is 1.41 bits per heavy atom. The Kier molecular flexibility index (Phi) is 3.68. The summed E-state index contributed by atoms with van der Waals surface area (Å²) in [6, 6.07) is 3.86. The number of nitrogen functional groups attached to an aromatic ring is 1. The lowest BCUT2D eigenvalue weighted by Gasteiger charge is -2.22. The van der Waals surface area contributed by atoms with Crippen LogP contribution < -0.4 is 15.5 Å². The number of hydrogen-bond donors (Lipinski definition) is 2. The van der Waals surface area contributed by atoms with Gasteiger partial charge in [-0.3, -0.25) is 0 Å². The Bertz CT molecular complexity index is 377. The first-order chi connectivity index (χ1) is 8.22. The van der Waals surface area contributed by atoms with Gasteiger partial charge in [0.25, 0.3) is 0 Å². The molecule has 0 bridgehead atoms. The lowest BCUT2D eigenvalue weighted by Crippen LogP contribution is -2.25. The van der Waals surface area contributed by atoms with Gasteiger partial charge in [-0.25, -0.2) is 4.98 Å². The molecule has 0 saturated carbocycles. The molecule has 1 saturated heterocycles. The number of pyridine rings is 1. The molecule has 2 heterocycles. The Labute approximate surface area is 102 Å². The fourth-order valence-corrected chi connectivity index (χ4v) is 2.13. The van der Waals surface area contributed by atoms with E-state index in [1.807, 2.05) is 24.1 Å². The first-order valence-corrected chi connectivity index (χ1v) is 6.06. The molecule has 0 unspecified atom stereocenters. The molecule has 2 rings (SSSR count). The quantitative estimate of drug-likeness (QED) is 0.805. The SMILES string of the molecule is CN(CCO)c1nc(N2CCCC2)ccc1N. The van der Waals surface area contributed by atoms with Gasteiger partial charge in [0.15, 0.2) is 5.82 Å². The Hall–Kier alpha value is -1.49.